The summed E-state index contributed by atoms with van der Waals surface area (Å²) in [7, 11) is 1.56. The number of nitrogens with zero attached hydrogens (tertiary/aromatic N) is 1. The van der Waals surface area contributed by atoms with Gasteiger partial charge < -0.3 is 10.5 Å². The number of hydrogen-bond acceptors (Lipinski definition) is 3. The van der Waals surface area contributed by atoms with Crippen molar-refractivity contribution >= 4 is 16.8 Å². The van der Waals surface area contributed by atoms with E-state index in [9.17, 15) is 4.79 Å². The van der Waals surface area contributed by atoms with Crippen LogP contribution in [0.2, 0.25) is 0 Å². The molecule has 0 unspecified atom stereocenters. The number of amides is 1. The molecule has 0 radical (unpaired) electrons. The van der Waals surface area contributed by atoms with Crippen LogP contribution in [0, 0.1) is 0 Å². The number of benzene rings is 1. The lowest BCUT2D eigenvalue weighted by molar-refractivity contribution is 0.100. The van der Waals surface area contributed by atoms with Crippen molar-refractivity contribution in [1.82, 2.24) is 4.98 Å². The highest BCUT2D eigenvalue weighted by Gasteiger charge is 2.12. The lowest BCUT2D eigenvalue weighted by Gasteiger charge is -2.10. The first-order valence-corrected chi connectivity index (χ1v) is 5.81. The summed E-state index contributed by atoms with van der Waals surface area (Å²) in [4.78, 5) is 16.0. The van der Waals surface area contributed by atoms with E-state index in [4.69, 9.17) is 10.5 Å². The minimum Gasteiger partial charge on any atom is -0.497 e. The third-order valence-corrected chi connectivity index (χ3v) is 2.88. The van der Waals surface area contributed by atoms with E-state index in [0.29, 0.717) is 22.7 Å². The Morgan fingerprint density at radius 1 is 1.33 bits per heavy atom. The standard InChI is InChI=1S/C14H16N2O2/c1-8(2)12-5-4-9-6-10(18-3)7-11(14(15)17)13(9)16-12/h4-8H,1-3H3,(H2,15,17). The van der Waals surface area contributed by atoms with Gasteiger partial charge >= 0.3 is 0 Å². The van der Waals surface area contributed by atoms with Crippen molar-refractivity contribution in [2.75, 3.05) is 7.11 Å². The van der Waals surface area contributed by atoms with Crippen LogP contribution in [0.5, 0.6) is 5.75 Å². The summed E-state index contributed by atoms with van der Waals surface area (Å²) in [6.45, 7) is 4.11. The summed E-state index contributed by atoms with van der Waals surface area (Å²) >= 11 is 0. The molecule has 0 bridgehead atoms. The lowest BCUT2D eigenvalue weighted by Crippen LogP contribution is -2.12. The van der Waals surface area contributed by atoms with Crippen LogP contribution in [0.3, 0.4) is 0 Å². The van der Waals surface area contributed by atoms with Gasteiger partial charge in [-0.05, 0) is 24.1 Å². The molecule has 4 heteroatoms. The molecule has 0 atom stereocenters. The lowest BCUT2D eigenvalue weighted by atomic mass is 10.0. The van der Waals surface area contributed by atoms with E-state index in [1.165, 1.54) is 0 Å². The average molecular weight is 244 g/mol. The summed E-state index contributed by atoms with van der Waals surface area (Å²) in [6.07, 6.45) is 0. The Kier molecular flexibility index (Phi) is 3.19. The largest absolute Gasteiger partial charge is 0.497 e. The summed E-state index contributed by atoms with van der Waals surface area (Å²) in [5, 5.41) is 0.854. The van der Waals surface area contributed by atoms with Gasteiger partial charge in [0.05, 0.1) is 18.2 Å². The molecule has 0 aliphatic rings. The van der Waals surface area contributed by atoms with Crippen LogP contribution in [0.1, 0.15) is 35.8 Å². The molecule has 0 saturated heterocycles. The summed E-state index contributed by atoms with van der Waals surface area (Å²) in [5.74, 6) is 0.417. The molecule has 1 amide bonds. The highest BCUT2D eigenvalue weighted by molar-refractivity contribution is 6.05. The fraction of sp³-hybridized carbons (Fsp3) is 0.286. The number of nitrogens with two attached hydrogens (primary N) is 1. The molecular weight excluding hydrogens is 228 g/mol. The second kappa shape index (κ2) is 4.64. The Bertz CT molecular complexity index is 606. The van der Waals surface area contributed by atoms with Crippen molar-refractivity contribution in [1.29, 1.82) is 0 Å². The Labute approximate surface area is 106 Å². The van der Waals surface area contributed by atoms with Crippen LogP contribution in [0.15, 0.2) is 24.3 Å². The van der Waals surface area contributed by atoms with Crippen LogP contribution < -0.4 is 10.5 Å². The molecule has 0 spiro atoms. The van der Waals surface area contributed by atoms with E-state index in [-0.39, 0.29) is 0 Å². The average Bonchev–Trinajstić information content (AvgIpc) is 2.36. The van der Waals surface area contributed by atoms with Gasteiger partial charge in [0.15, 0.2) is 0 Å². The quantitative estimate of drug-likeness (QED) is 0.902. The van der Waals surface area contributed by atoms with Crippen molar-refractivity contribution in [3.8, 4) is 5.75 Å². The van der Waals surface area contributed by atoms with Gasteiger partial charge in [0.1, 0.15) is 5.75 Å². The molecule has 2 aromatic rings. The number of primary amides is 1. The number of hydrogen-bond donors (Lipinski definition) is 1. The van der Waals surface area contributed by atoms with Gasteiger partial charge in [-0.3, -0.25) is 9.78 Å². The fourth-order valence-electron chi connectivity index (χ4n) is 1.85. The molecule has 2 N–H and O–H groups in total. The highest BCUT2D eigenvalue weighted by Crippen LogP contribution is 2.25. The maximum atomic E-state index is 11.5. The van der Waals surface area contributed by atoms with Crippen molar-refractivity contribution in [2.24, 2.45) is 5.73 Å². The zero-order valence-corrected chi connectivity index (χ0v) is 10.7. The summed E-state index contributed by atoms with van der Waals surface area (Å²) in [6, 6.07) is 7.37. The number of methoxy groups -OCH3 is 1. The van der Waals surface area contributed by atoms with Gasteiger partial charge in [0, 0.05) is 11.1 Å². The minimum atomic E-state index is -0.493. The van der Waals surface area contributed by atoms with Crippen molar-refractivity contribution in [2.45, 2.75) is 19.8 Å². The van der Waals surface area contributed by atoms with Crippen LogP contribution in [0.25, 0.3) is 10.9 Å². The molecule has 2 rings (SSSR count). The van der Waals surface area contributed by atoms with Crippen LogP contribution >= 0.6 is 0 Å². The van der Waals surface area contributed by atoms with Crippen molar-refractivity contribution < 1.29 is 9.53 Å². The van der Waals surface area contributed by atoms with Crippen molar-refractivity contribution in [3.05, 3.63) is 35.5 Å². The number of rotatable bonds is 3. The normalized spacial score (nSPS) is 10.9. The van der Waals surface area contributed by atoms with E-state index in [1.54, 1.807) is 13.2 Å². The summed E-state index contributed by atoms with van der Waals surface area (Å²) < 4.78 is 5.16. The zero-order chi connectivity index (χ0) is 13.3. The molecule has 0 fully saturated rings. The Morgan fingerprint density at radius 2 is 2.06 bits per heavy atom. The van der Waals surface area contributed by atoms with Gasteiger partial charge in [-0.1, -0.05) is 19.9 Å². The van der Waals surface area contributed by atoms with E-state index >= 15 is 0 Å². The molecular formula is C14H16N2O2. The number of carbonyl (C=O) groups is 1. The SMILES string of the molecule is COc1cc(C(N)=O)c2nc(C(C)C)ccc2c1. The van der Waals surface area contributed by atoms with E-state index < -0.39 is 5.91 Å². The second-order valence-electron chi connectivity index (χ2n) is 4.50. The van der Waals surface area contributed by atoms with Crippen LogP contribution in [0.4, 0.5) is 0 Å². The molecule has 1 aromatic carbocycles. The second-order valence-corrected chi connectivity index (χ2v) is 4.50. The number of aromatic nitrogens is 1. The van der Waals surface area contributed by atoms with E-state index in [2.05, 4.69) is 18.8 Å². The molecule has 1 aromatic heterocycles. The zero-order valence-electron chi connectivity index (χ0n) is 10.7. The topological polar surface area (TPSA) is 65.2 Å². The van der Waals surface area contributed by atoms with E-state index in [1.807, 2.05) is 18.2 Å². The van der Waals surface area contributed by atoms with Crippen LogP contribution in [-0.2, 0) is 0 Å². The maximum Gasteiger partial charge on any atom is 0.251 e. The number of fused-ring (bicyclic) bond motifs is 1. The van der Waals surface area contributed by atoms with Gasteiger partial charge in [0.2, 0.25) is 0 Å². The predicted molar refractivity (Wildman–Crippen MR) is 70.9 cm³/mol. The van der Waals surface area contributed by atoms with Gasteiger partial charge in [-0.2, -0.15) is 0 Å². The predicted octanol–water partition coefficient (Wildman–Crippen LogP) is 2.47. The first kappa shape index (κ1) is 12.4. The van der Waals surface area contributed by atoms with Gasteiger partial charge in [-0.25, -0.2) is 0 Å². The molecule has 1 heterocycles. The maximum absolute atomic E-state index is 11.5. The van der Waals surface area contributed by atoms with Crippen molar-refractivity contribution in [3.63, 3.8) is 0 Å². The molecule has 18 heavy (non-hydrogen) atoms. The highest BCUT2D eigenvalue weighted by atomic mass is 16.5. The first-order valence-electron chi connectivity index (χ1n) is 5.81. The minimum absolute atomic E-state index is 0.303. The fourth-order valence-corrected chi connectivity index (χ4v) is 1.85. The third kappa shape index (κ3) is 2.14. The smallest absolute Gasteiger partial charge is 0.251 e. The van der Waals surface area contributed by atoms with Gasteiger partial charge in [-0.15, -0.1) is 0 Å². The Hall–Kier alpha value is -2.10. The number of carbonyl (C=O) groups excluding carboxylic acids is 1. The Balaban J connectivity index is 2.75. The molecule has 4 nitrogen and oxygen atoms in total. The third-order valence-electron chi connectivity index (χ3n) is 2.88. The Morgan fingerprint density at radius 3 is 2.61 bits per heavy atom. The molecule has 0 saturated carbocycles. The molecule has 0 aliphatic heterocycles. The van der Waals surface area contributed by atoms with E-state index in [0.717, 1.165) is 11.1 Å². The monoisotopic (exact) mass is 244 g/mol. The molecule has 0 aliphatic carbocycles. The first-order chi connectivity index (χ1) is 8.52. The van der Waals surface area contributed by atoms with Crippen LogP contribution in [-0.4, -0.2) is 18.0 Å². The number of pyridine rings is 1. The summed E-state index contributed by atoms with van der Waals surface area (Å²) in [5.41, 5.74) is 7.36. The van der Waals surface area contributed by atoms with Gasteiger partial charge in [0.25, 0.3) is 5.91 Å². The number of ether oxygens (including phenoxy) is 1. The molecule has 94 valence electrons.